The first-order valence-corrected chi connectivity index (χ1v) is 14.0. The van der Waals surface area contributed by atoms with Crippen molar-refractivity contribution in [3.63, 3.8) is 0 Å². The van der Waals surface area contributed by atoms with Crippen molar-refractivity contribution in [2.45, 2.75) is 70.8 Å². The lowest BCUT2D eigenvalue weighted by molar-refractivity contribution is -0.136. The number of piperidine rings is 1. The molecule has 2 amide bonds. The Balaban J connectivity index is 1.46. The lowest BCUT2D eigenvalue weighted by Crippen LogP contribution is -2.44. The summed E-state index contributed by atoms with van der Waals surface area (Å²) in [6.45, 7) is 10.7. The zero-order valence-corrected chi connectivity index (χ0v) is 23.4. The summed E-state index contributed by atoms with van der Waals surface area (Å²) in [5.41, 5.74) is 2.16. The largest absolute Gasteiger partial charge is 0.356 e. The van der Waals surface area contributed by atoms with Gasteiger partial charge in [0.15, 0.2) is 0 Å². The second-order valence-electron chi connectivity index (χ2n) is 11.9. The fraction of sp³-hybridized carbons (Fsp3) is 0.548. The summed E-state index contributed by atoms with van der Waals surface area (Å²) < 4.78 is 42.5. The highest BCUT2D eigenvalue weighted by Crippen LogP contribution is 2.40. The van der Waals surface area contributed by atoms with Crippen LogP contribution in [0, 0.1) is 23.4 Å². The number of rotatable bonds is 7. The molecule has 2 unspecified atom stereocenters. The van der Waals surface area contributed by atoms with Crippen molar-refractivity contribution in [2.75, 3.05) is 32.7 Å². The zero-order chi connectivity index (χ0) is 28.3. The van der Waals surface area contributed by atoms with Crippen molar-refractivity contribution < 1.29 is 22.8 Å². The molecule has 2 heterocycles. The minimum atomic E-state index is -0.625. The summed E-state index contributed by atoms with van der Waals surface area (Å²) in [6, 6.07) is 8.50. The van der Waals surface area contributed by atoms with E-state index in [4.69, 9.17) is 0 Å². The molecule has 2 saturated heterocycles. The van der Waals surface area contributed by atoms with Crippen LogP contribution in [0.4, 0.5) is 13.2 Å². The van der Waals surface area contributed by atoms with Crippen LogP contribution in [-0.2, 0) is 16.0 Å². The van der Waals surface area contributed by atoms with Crippen LogP contribution in [0.15, 0.2) is 36.4 Å². The van der Waals surface area contributed by atoms with Crippen LogP contribution < -0.4 is 5.32 Å². The van der Waals surface area contributed by atoms with E-state index in [1.165, 1.54) is 18.2 Å². The Morgan fingerprint density at radius 1 is 0.949 bits per heavy atom. The minimum absolute atomic E-state index is 0.00975. The average Bonchev–Trinajstić information content (AvgIpc) is 3.34. The van der Waals surface area contributed by atoms with Gasteiger partial charge in [-0.25, -0.2) is 13.2 Å². The van der Waals surface area contributed by atoms with Crippen LogP contribution in [-0.4, -0.2) is 59.9 Å². The minimum Gasteiger partial charge on any atom is -0.356 e. The summed E-state index contributed by atoms with van der Waals surface area (Å²) in [6.07, 6.45) is 2.45. The Bertz CT molecular complexity index is 1190. The molecule has 0 radical (unpaired) electrons. The van der Waals surface area contributed by atoms with Gasteiger partial charge in [0, 0.05) is 56.7 Å². The monoisotopic (exact) mass is 543 g/mol. The molecule has 2 aromatic carbocycles. The van der Waals surface area contributed by atoms with Gasteiger partial charge in [0.1, 0.15) is 17.5 Å². The summed E-state index contributed by atoms with van der Waals surface area (Å²) >= 11 is 0. The number of likely N-dealkylation sites (tertiary alicyclic amines) is 2. The highest BCUT2D eigenvalue weighted by atomic mass is 19.1. The Morgan fingerprint density at radius 3 is 2.21 bits per heavy atom. The van der Waals surface area contributed by atoms with Gasteiger partial charge >= 0.3 is 0 Å². The molecule has 2 aliphatic rings. The van der Waals surface area contributed by atoms with Crippen LogP contribution in [0.25, 0.3) is 0 Å². The van der Waals surface area contributed by atoms with E-state index in [0.29, 0.717) is 51.1 Å². The van der Waals surface area contributed by atoms with E-state index in [9.17, 15) is 22.8 Å². The molecule has 5 nitrogen and oxygen atoms in total. The molecule has 2 aromatic rings. The number of nitrogens with zero attached hydrogens (tertiary/aromatic N) is 2. The van der Waals surface area contributed by atoms with Crippen LogP contribution in [0.3, 0.4) is 0 Å². The smallest absolute Gasteiger partial charge is 0.227 e. The van der Waals surface area contributed by atoms with E-state index in [1.54, 1.807) is 13.0 Å². The van der Waals surface area contributed by atoms with Gasteiger partial charge < -0.3 is 10.2 Å². The number of benzene rings is 2. The fourth-order valence-electron chi connectivity index (χ4n) is 6.02. The first-order chi connectivity index (χ1) is 18.5. The van der Waals surface area contributed by atoms with E-state index in [1.807, 2.05) is 11.0 Å². The molecule has 2 fully saturated rings. The third-order valence-electron chi connectivity index (χ3n) is 8.34. The summed E-state index contributed by atoms with van der Waals surface area (Å²) in [4.78, 5) is 29.5. The van der Waals surface area contributed by atoms with Gasteiger partial charge in [-0.2, -0.15) is 0 Å². The highest BCUT2D eigenvalue weighted by molar-refractivity contribution is 5.81. The number of carbonyl (C=O) groups is 2. The average molecular weight is 544 g/mol. The number of carbonyl (C=O) groups excluding carboxylic acids is 2. The van der Waals surface area contributed by atoms with Gasteiger partial charge in [0.05, 0.1) is 5.92 Å². The van der Waals surface area contributed by atoms with Crippen LogP contribution in [0.5, 0.6) is 0 Å². The third-order valence-corrected chi connectivity index (χ3v) is 8.34. The van der Waals surface area contributed by atoms with Gasteiger partial charge in [0.2, 0.25) is 11.8 Å². The zero-order valence-electron chi connectivity index (χ0n) is 23.4. The van der Waals surface area contributed by atoms with Crippen molar-refractivity contribution in [3.8, 4) is 0 Å². The summed E-state index contributed by atoms with van der Waals surface area (Å²) in [5, 5.41) is 2.86. The van der Waals surface area contributed by atoms with Crippen LogP contribution >= 0.6 is 0 Å². The molecular formula is C31H40F3N3O2. The molecule has 4 rings (SSSR count). The van der Waals surface area contributed by atoms with E-state index in [0.717, 1.165) is 30.0 Å². The highest BCUT2D eigenvalue weighted by Gasteiger charge is 2.44. The van der Waals surface area contributed by atoms with Crippen LogP contribution in [0.1, 0.15) is 75.5 Å². The maximum Gasteiger partial charge on any atom is 0.227 e. The Labute approximate surface area is 229 Å². The molecule has 2 atom stereocenters. The second kappa shape index (κ2) is 12.1. The summed E-state index contributed by atoms with van der Waals surface area (Å²) in [7, 11) is 0. The molecule has 0 spiro atoms. The second-order valence-corrected chi connectivity index (χ2v) is 11.9. The molecule has 0 bridgehead atoms. The predicted octanol–water partition coefficient (Wildman–Crippen LogP) is 5.39. The van der Waals surface area contributed by atoms with Crippen molar-refractivity contribution in [1.29, 1.82) is 0 Å². The molecule has 0 aromatic heterocycles. The Morgan fingerprint density at radius 2 is 1.59 bits per heavy atom. The van der Waals surface area contributed by atoms with Gasteiger partial charge in [-0.1, -0.05) is 19.1 Å². The first kappa shape index (κ1) is 29.1. The van der Waals surface area contributed by atoms with E-state index < -0.39 is 17.6 Å². The summed E-state index contributed by atoms with van der Waals surface area (Å²) in [5.74, 6) is -2.13. The van der Waals surface area contributed by atoms with Gasteiger partial charge in [0.25, 0.3) is 0 Å². The maximum absolute atomic E-state index is 14.8. The van der Waals surface area contributed by atoms with Crippen molar-refractivity contribution in [3.05, 3.63) is 70.5 Å². The molecule has 0 aliphatic carbocycles. The number of hydrogen-bond acceptors (Lipinski definition) is 3. The van der Waals surface area contributed by atoms with Gasteiger partial charge in [-0.05, 0) is 80.8 Å². The van der Waals surface area contributed by atoms with Crippen molar-refractivity contribution in [2.24, 2.45) is 5.92 Å². The lowest BCUT2D eigenvalue weighted by atomic mass is 9.84. The molecule has 2 aliphatic heterocycles. The SMILES string of the molecule is CCC(=O)NCCc1cc(F)ccc1C1CCN(C(=O)C2CN(C(C)(C)C)CC2c2ccc(F)cc2F)CC1. The Kier molecular flexibility index (Phi) is 9.04. The standard InChI is InChI=1S/C31H40F3N3O2/c1-5-29(38)35-13-10-21-16-22(32)6-8-24(21)20-11-14-36(15-12-20)30(39)27-19-37(31(2,3)4)18-26(27)25-9-7-23(33)17-28(25)34/h6-9,16-17,20,26-27H,5,10-15,18-19H2,1-4H3,(H,35,38). The molecule has 212 valence electrons. The molecule has 0 saturated carbocycles. The van der Waals surface area contributed by atoms with Crippen LogP contribution in [0.2, 0.25) is 0 Å². The molecule has 1 N–H and O–H groups in total. The number of amides is 2. The van der Waals surface area contributed by atoms with E-state index >= 15 is 0 Å². The topological polar surface area (TPSA) is 52.7 Å². The fourth-order valence-corrected chi connectivity index (χ4v) is 6.02. The third kappa shape index (κ3) is 6.83. The van der Waals surface area contributed by atoms with E-state index in [-0.39, 0.29) is 35.0 Å². The van der Waals surface area contributed by atoms with Crippen molar-refractivity contribution >= 4 is 11.8 Å². The van der Waals surface area contributed by atoms with Gasteiger partial charge in [-0.15, -0.1) is 0 Å². The normalized spacial score (nSPS) is 20.8. The molecule has 8 heteroatoms. The number of nitrogens with one attached hydrogen (secondary N) is 1. The van der Waals surface area contributed by atoms with Crippen molar-refractivity contribution in [1.82, 2.24) is 15.1 Å². The molecular weight excluding hydrogens is 503 g/mol. The quantitative estimate of drug-likeness (QED) is 0.509. The molecule has 39 heavy (non-hydrogen) atoms. The predicted molar refractivity (Wildman–Crippen MR) is 146 cm³/mol. The van der Waals surface area contributed by atoms with Gasteiger partial charge in [-0.3, -0.25) is 14.5 Å². The first-order valence-electron chi connectivity index (χ1n) is 14.0. The Hall–Kier alpha value is -2.87. The number of hydrogen-bond donors (Lipinski definition) is 1. The lowest BCUT2D eigenvalue weighted by Gasteiger charge is -2.36. The maximum atomic E-state index is 14.8. The number of halogens is 3. The van der Waals surface area contributed by atoms with E-state index in [2.05, 4.69) is 31.0 Å².